The van der Waals surface area contributed by atoms with Crippen molar-refractivity contribution in [1.82, 2.24) is 4.72 Å². The van der Waals surface area contributed by atoms with Gasteiger partial charge in [0.2, 0.25) is 10.0 Å². The number of ether oxygens (including phenoxy) is 1. The van der Waals surface area contributed by atoms with E-state index in [2.05, 4.69) is 9.46 Å². The minimum atomic E-state index is -3.42. The van der Waals surface area contributed by atoms with Crippen LogP contribution in [0.15, 0.2) is 24.3 Å². The Morgan fingerprint density at radius 2 is 2.00 bits per heavy atom. The van der Waals surface area contributed by atoms with E-state index >= 15 is 0 Å². The molecule has 0 spiro atoms. The van der Waals surface area contributed by atoms with E-state index in [0.29, 0.717) is 17.0 Å². The zero-order valence-electron chi connectivity index (χ0n) is 11.9. The first-order chi connectivity index (χ1) is 9.91. The van der Waals surface area contributed by atoms with Crippen LogP contribution < -0.4 is 10.5 Å². The molecule has 0 amide bonds. The molecule has 0 aromatic heterocycles. The maximum absolute atomic E-state index is 12.0. The van der Waals surface area contributed by atoms with Crippen LogP contribution >= 0.6 is 0 Å². The Balaban J connectivity index is 1.91. The van der Waals surface area contributed by atoms with Crippen molar-refractivity contribution >= 4 is 16.0 Å². The summed E-state index contributed by atoms with van der Waals surface area (Å²) in [5.41, 5.74) is 6.87. The molecule has 1 saturated carbocycles. The third-order valence-corrected chi connectivity index (χ3v) is 4.82. The fourth-order valence-corrected chi connectivity index (χ4v) is 3.22. The molecule has 1 atom stereocenters. The van der Waals surface area contributed by atoms with Crippen LogP contribution in [0.5, 0.6) is 0 Å². The van der Waals surface area contributed by atoms with Crippen LogP contribution in [0.2, 0.25) is 0 Å². The Morgan fingerprint density at radius 3 is 2.52 bits per heavy atom. The second-order valence-corrected chi connectivity index (χ2v) is 7.10. The fourth-order valence-electron chi connectivity index (χ4n) is 2.04. The second-order valence-electron chi connectivity index (χ2n) is 5.30. The number of nitrogens with one attached hydrogen (secondary N) is 1. The number of methoxy groups -OCH3 is 1. The van der Waals surface area contributed by atoms with Gasteiger partial charge in [0, 0.05) is 12.6 Å². The van der Waals surface area contributed by atoms with E-state index in [-0.39, 0.29) is 18.3 Å². The molecule has 7 heteroatoms. The first-order valence-corrected chi connectivity index (χ1v) is 8.46. The summed E-state index contributed by atoms with van der Waals surface area (Å²) in [5.74, 6) is -0.128. The lowest BCUT2D eigenvalue weighted by atomic mass is 10.1. The van der Waals surface area contributed by atoms with E-state index in [1.807, 2.05) is 0 Å². The van der Waals surface area contributed by atoms with Crippen LogP contribution in [0.1, 0.15) is 28.8 Å². The smallest absolute Gasteiger partial charge is 0.337 e. The fraction of sp³-hybridized carbons (Fsp3) is 0.500. The number of carbonyl (C=O) groups is 1. The Bertz CT molecular complexity index is 594. The molecule has 116 valence electrons. The van der Waals surface area contributed by atoms with Crippen molar-refractivity contribution < 1.29 is 17.9 Å². The highest BCUT2D eigenvalue weighted by atomic mass is 32.2. The monoisotopic (exact) mass is 312 g/mol. The van der Waals surface area contributed by atoms with E-state index < -0.39 is 16.0 Å². The summed E-state index contributed by atoms with van der Waals surface area (Å²) in [7, 11) is -2.12. The molecule has 1 fully saturated rings. The van der Waals surface area contributed by atoms with E-state index in [1.54, 1.807) is 24.3 Å². The molecule has 21 heavy (non-hydrogen) atoms. The number of benzene rings is 1. The summed E-state index contributed by atoms with van der Waals surface area (Å²) in [4.78, 5) is 11.3. The van der Waals surface area contributed by atoms with Crippen LogP contribution in [-0.2, 0) is 20.5 Å². The summed E-state index contributed by atoms with van der Waals surface area (Å²) in [5, 5.41) is 0. The van der Waals surface area contributed by atoms with E-state index in [4.69, 9.17) is 5.73 Å². The number of carbonyl (C=O) groups excluding carboxylic acids is 1. The summed E-state index contributed by atoms with van der Waals surface area (Å²) < 4.78 is 31.0. The van der Waals surface area contributed by atoms with Crippen molar-refractivity contribution in [3.05, 3.63) is 35.4 Å². The molecule has 0 saturated heterocycles. The van der Waals surface area contributed by atoms with E-state index in [0.717, 1.165) is 12.8 Å². The molecule has 0 aliphatic heterocycles. The predicted octanol–water partition coefficient (Wildman–Crippen LogP) is 0.630. The predicted molar refractivity (Wildman–Crippen MR) is 79.1 cm³/mol. The quantitative estimate of drug-likeness (QED) is 0.720. The average Bonchev–Trinajstić information content (AvgIpc) is 3.29. The van der Waals surface area contributed by atoms with Crippen LogP contribution in [0.4, 0.5) is 0 Å². The molecule has 0 heterocycles. The topological polar surface area (TPSA) is 98.5 Å². The van der Waals surface area contributed by atoms with Gasteiger partial charge in [0.05, 0.1) is 18.4 Å². The van der Waals surface area contributed by atoms with Crippen molar-refractivity contribution in [1.29, 1.82) is 0 Å². The SMILES string of the molecule is COC(=O)c1ccc(CS(=O)(=O)NCC(N)C2CC2)cc1. The summed E-state index contributed by atoms with van der Waals surface area (Å²) in [6.07, 6.45) is 2.16. The Hall–Kier alpha value is -1.44. The number of hydrogen-bond acceptors (Lipinski definition) is 5. The lowest BCUT2D eigenvalue weighted by Crippen LogP contribution is -2.39. The minimum absolute atomic E-state index is 0.110. The molecule has 1 aromatic rings. The van der Waals surface area contributed by atoms with Gasteiger partial charge in [0.15, 0.2) is 0 Å². The van der Waals surface area contributed by atoms with Crippen LogP contribution in [-0.4, -0.2) is 34.1 Å². The largest absolute Gasteiger partial charge is 0.465 e. The van der Waals surface area contributed by atoms with Gasteiger partial charge in [-0.15, -0.1) is 0 Å². The average molecular weight is 312 g/mol. The summed E-state index contributed by atoms with van der Waals surface area (Å²) >= 11 is 0. The van der Waals surface area contributed by atoms with Crippen LogP contribution in [0.3, 0.4) is 0 Å². The number of esters is 1. The van der Waals surface area contributed by atoms with E-state index in [9.17, 15) is 13.2 Å². The van der Waals surface area contributed by atoms with Crippen LogP contribution in [0.25, 0.3) is 0 Å². The van der Waals surface area contributed by atoms with Crippen molar-refractivity contribution in [2.24, 2.45) is 11.7 Å². The molecular formula is C14H20N2O4S. The maximum atomic E-state index is 12.0. The third-order valence-electron chi connectivity index (χ3n) is 3.50. The number of nitrogens with two attached hydrogens (primary N) is 1. The molecule has 0 radical (unpaired) electrons. The summed E-state index contributed by atoms with van der Waals surface area (Å²) in [6, 6.07) is 6.19. The van der Waals surface area contributed by atoms with Crippen molar-refractivity contribution in [2.45, 2.75) is 24.6 Å². The first-order valence-electron chi connectivity index (χ1n) is 6.81. The molecule has 1 aliphatic carbocycles. The normalized spacial score (nSPS) is 16.5. The maximum Gasteiger partial charge on any atom is 0.337 e. The molecule has 1 unspecified atom stereocenters. The zero-order valence-corrected chi connectivity index (χ0v) is 12.7. The molecule has 1 aliphatic rings. The number of sulfonamides is 1. The van der Waals surface area contributed by atoms with Gasteiger partial charge in [-0.2, -0.15) is 0 Å². The zero-order chi connectivity index (χ0) is 15.5. The summed E-state index contributed by atoms with van der Waals surface area (Å²) in [6.45, 7) is 0.271. The lowest BCUT2D eigenvalue weighted by molar-refractivity contribution is 0.0600. The van der Waals surface area contributed by atoms with E-state index in [1.165, 1.54) is 7.11 Å². The molecule has 3 N–H and O–H groups in total. The van der Waals surface area contributed by atoms with Gasteiger partial charge >= 0.3 is 5.97 Å². The van der Waals surface area contributed by atoms with Gasteiger partial charge in [-0.3, -0.25) is 0 Å². The van der Waals surface area contributed by atoms with Gasteiger partial charge in [-0.1, -0.05) is 12.1 Å². The molecule has 2 rings (SSSR count). The molecular weight excluding hydrogens is 292 g/mol. The Labute approximate surface area is 124 Å². The molecule has 0 bridgehead atoms. The highest BCUT2D eigenvalue weighted by Gasteiger charge is 2.29. The van der Waals surface area contributed by atoms with Gasteiger partial charge in [-0.05, 0) is 36.5 Å². The lowest BCUT2D eigenvalue weighted by Gasteiger charge is -2.12. The van der Waals surface area contributed by atoms with Crippen LogP contribution in [0, 0.1) is 5.92 Å². The van der Waals surface area contributed by atoms with Gasteiger partial charge in [-0.25, -0.2) is 17.9 Å². The second kappa shape index (κ2) is 6.55. The Kier molecular flexibility index (Phi) is 4.97. The van der Waals surface area contributed by atoms with Gasteiger partial charge < -0.3 is 10.5 Å². The van der Waals surface area contributed by atoms with Gasteiger partial charge in [0.1, 0.15) is 0 Å². The van der Waals surface area contributed by atoms with Crippen molar-refractivity contribution in [3.63, 3.8) is 0 Å². The number of rotatable bonds is 7. The third kappa shape index (κ3) is 4.80. The standard InChI is InChI=1S/C14H20N2O4S/c1-20-14(17)12-4-2-10(3-5-12)9-21(18,19)16-8-13(15)11-6-7-11/h2-5,11,13,16H,6-9,15H2,1H3. The van der Waals surface area contributed by atoms with Gasteiger partial charge in [0.25, 0.3) is 0 Å². The van der Waals surface area contributed by atoms with Crippen molar-refractivity contribution in [3.8, 4) is 0 Å². The highest BCUT2D eigenvalue weighted by Crippen LogP contribution is 2.31. The number of hydrogen-bond donors (Lipinski definition) is 2. The molecule has 1 aromatic carbocycles. The minimum Gasteiger partial charge on any atom is -0.465 e. The highest BCUT2D eigenvalue weighted by molar-refractivity contribution is 7.88. The molecule has 6 nitrogen and oxygen atoms in total. The van der Waals surface area contributed by atoms with Crippen molar-refractivity contribution in [2.75, 3.05) is 13.7 Å². The first kappa shape index (κ1) is 15.9. The Morgan fingerprint density at radius 1 is 1.38 bits per heavy atom.